The highest BCUT2D eigenvalue weighted by Gasteiger charge is 2.38. The number of piperazine rings is 1. The average molecular weight is 317 g/mol. The Balaban J connectivity index is 1.67. The largest absolute Gasteiger partial charge is 0.355 e. The maximum absolute atomic E-state index is 12.0. The van der Waals surface area contributed by atoms with Crippen molar-refractivity contribution in [1.29, 1.82) is 0 Å². The molecule has 21 heavy (non-hydrogen) atoms. The van der Waals surface area contributed by atoms with Gasteiger partial charge in [-0.1, -0.05) is 6.92 Å². The van der Waals surface area contributed by atoms with Gasteiger partial charge >= 0.3 is 0 Å². The Morgan fingerprint density at radius 1 is 1.19 bits per heavy atom. The normalized spacial score (nSPS) is 26.5. The van der Waals surface area contributed by atoms with Gasteiger partial charge in [0, 0.05) is 45.1 Å². The fourth-order valence-electron chi connectivity index (χ4n) is 2.54. The van der Waals surface area contributed by atoms with E-state index in [9.17, 15) is 18.0 Å². The number of carbonyl (C=O) groups is 2. The molecule has 2 fully saturated rings. The number of amides is 2. The molecule has 1 aliphatic carbocycles. The van der Waals surface area contributed by atoms with Crippen molar-refractivity contribution in [3.63, 3.8) is 0 Å². The second-order valence-corrected chi connectivity index (χ2v) is 7.89. The summed E-state index contributed by atoms with van der Waals surface area (Å²) in [6.07, 6.45) is 2.39. The highest BCUT2D eigenvalue weighted by molar-refractivity contribution is 7.88. The molecule has 1 heterocycles. The van der Waals surface area contributed by atoms with Crippen LogP contribution in [-0.4, -0.2) is 68.4 Å². The van der Waals surface area contributed by atoms with E-state index in [-0.39, 0.29) is 24.2 Å². The molecule has 2 unspecified atom stereocenters. The van der Waals surface area contributed by atoms with Crippen LogP contribution in [0.4, 0.5) is 0 Å². The summed E-state index contributed by atoms with van der Waals surface area (Å²) in [5.41, 5.74) is 0. The minimum Gasteiger partial charge on any atom is -0.355 e. The predicted molar refractivity (Wildman–Crippen MR) is 77.9 cm³/mol. The van der Waals surface area contributed by atoms with Gasteiger partial charge in [-0.25, -0.2) is 8.42 Å². The first kappa shape index (κ1) is 16.2. The van der Waals surface area contributed by atoms with E-state index in [2.05, 4.69) is 5.32 Å². The van der Waals surface area contributed by atoms with E-state index < -0.39 is 10.0 Å². The monoisotopic (exact) mass is 317 g/mol. The quantitative estimate of drug-likeness (QED) is 0.723. The van der Waals surface area contributed by atoms with Crippen molar-refractivity contribution < 1.29 is 18.0 Å². The summed E-state index contributed by atoms with van der Waals surface area (Å²) in [6, 6.07) is 0. The van der Waals surface area contributed by atoms with Crippen molar-refractivity contribution in [3.8, 4) is 0 Å². The van der Waals surface area contributed by atoms with Crippen molar-refractivity contribution in [3.05, 3.63) is 0 Å². The number of hydrogen-bond donors (Lipinski definition) is 1. The first-order valence-corrected chi connectivity index (χ1v) is 9.14. The van der Waals surface area contributed by atoms with E-state index in [1.807, 2.05) is 6.92 Å². The molecule has 0 aromatic carbocycles. The lowest BCUT2D eigenvalue weighted by Crippen LogP contribution is -2.50. The molecule has 1 saturated carbocycles. The first-order chi connectivity index (χ1) is 9.79. The number of sulfonamides is 1. The third-order valence-corrected chi connectivity index (χ3v) is 5.45. The van der Waals surface area contributed by atoms with Crippen molar-refractivity contribution >= 4 is 21.8 Å². The summed E-state index contributed by atoms with van der Waals surface area (Å²) >= 11 is 0. The van der Waals surface area contributed by atoms with Crippen molar-refractivity contribution in [2.24, 2.45) is 11.8 Å². The van der Waals surface area contributed by atoms with Crippen molar-refractivity contribution in [2.75, 3.05) is 39.0 Å². The Kier molecular flexibility index (Phi) is 4.88. The van der Waals surface area contributed by atoms with Crippen LogP contribution in [0.1, 0.15) is 19.8 Å². The van der Waals surface area contributed by atoms with Crippen LogP contribution in [0.25, 0.3) is 0 Å². The van der Waals surface area contributed by atoms with Crippen LogP contribution in [0.3, 0.4) is 0 Å². The molecule has 1 saturated heterocycles. The molecular formula is C13H23N3O4S. The maximum Gasteiger partial charge on any atom is 0.224 e. The van der Waals surface area contributed by atoms with Gasteiger partial charge in [0.05, 0.1) is 6.26 Å². The lowest BCUT2D eigenvalue weighted by molar-refractivity contribution is -0.132. The molecule has 2 atom stereocenters. The smallest absolute Gasteiger partial charge is 0.224 e. The van der Waals surface area contributed by atoms with E-state index in [0.29, 0.717) is 38.6 Å². The summed E-state index contributed by atoms with van der Waals surface area (Å²) < 4.78 is 24.1. The van der Waals surface area contributed by atoms with Gasteiger partial charge in [-0.2, -0.15) is 4.31 Å². The van der Waals surface area contributed by atoms with Gasteiger partial charge in [-0.05, 0) is 12.3 Å². The lowest BCUT2D eigenvalue weighted by Gasteiger charge is -2.33. The third kappa shape index (κ3) is 4.41. The zero-order chi connectivity index (χ0) is 15.6. The Labute approximate surface area is 125 Å². The molecule has 7 nitrogen and oxygen atoms in total. The molecular weight excluding hydrogens is 294 g/mol. The minimum atomic E-state index is -3.17. The summed E-state index contributed by atoms with van der Waals surface area (Å²) in [4.78, 5) is 25.3. The topological polar surface area (TPSA) is 86.8 Å². The van der Waals surface area contributed by atoms with Crippen LogP contribution in [0.5, 0.6) is 0 Å². The maximum atomic E-state index is 12.0. The number of nitrogens with zero attached hydrogens (tertiary/aromatic N) is 2. The number of carbonyl (C=O) groups excluding carboxylic acids is 2. The SMILES string of the molecule is CC1CC1C(=O)NCCC(=O)N1CCN(S(C)(=O)=O)CC1. The zero-order valence-electron chi connectivity index (χ0n) is 12.5. The fraction of sp³-hybridized carbons (Fsp3) is 0.846. The van der Waals surface area contributed by atoms with Crippen LogP contribution in [0, 0.1) is 11.8 Å². The number of rotatable bonds is 5. The van der Waals surface area contributed by atoms with E-state index in [4.69, 9.17) is 0 Å². The third-order valence-electron chi connectivity index (χ3n) is 4.14. The Hall–Kier alpha value is -1.15. The molecule has 2 amide bonds. The second kappa shape index (κ2) is 6.31. The summed E-state index contributed by atoms with van der Waals surface area (Å²) in [5.74, 6) is 0.590. The van der Waals surface area contributed by atoms with Crippen molar-refractivity contribution in [2.45, 2.75) is 19.8 Å². The van der Waals surface area contributed by atoms with Gasteiger partial charge in [-0.15, -0.1) is 0 Å². The molecule has 0 spiro atoms. The average Bonchev–Trinajstić information content (AvgIpc) is 3.15. The fourth-order valence-corrected chi connectivity index (χ4v) is 3.37. The van der Waals surface area contributed by atoms with Crippen LogP contribution >= 0.6 is 0 Å². The predicted octanol–water partition coefficient (Wildman–Crippen LogP) is -0.747. The van der Waals surface area contributed by atoms with Gasteiger partial charge in [0.15, 0.2) is 0 Å². The Bertz CT molecular complexity index is 512. The van der Waals surface area contributed by atoms with Gasteiger partial charge in [-0.3, -0.25) is 9.59 Å². The van der Waals surface area contributed by atoms with Gasteiger partial charge in [0.2, 0.25) is 21.8 Å². The molecule has 0 aromatic rings. The summed E-state index contributed by atoms with van der Waals surface area (Å²) in [7, 11) is -3.17. The molecule has 8 heteroatoms. The van der Waals surface area contributed by atoms with Gasteiger partial charge in [0.1, 0.15) is 0 Å². The van der Waals surface area contributed by atoms with Crippen molar-refractivity contribution in [1.82, 2.24) is 14.5 Å². The van der Waals surface area contributed by atoms with Crippen LogP contribution in [0.15, 0.2) is 0 Å². The molecule has 1 aliphatic heterocycles. The molecule has 0 radical (unpaired) electrons. The highest BCUT2D eigenvalue weighted by Crippen LogP contribution is 2.37. The standard InChI is InChI=1S/C13H23N3O4S/c1-10-9-11(10)13(18)14-4-3-12(17)15-5-7-16(8-6-15)21(2,19)20/h10-11H,3-9H2,1-2H3,(H,14,18). The highest BCUT2D eigenvalue weighted by atomic mass is 32.2. The summed E-state index contributed by atoms with van der Waals surface area (Å²) in [5, 5.41) is 2.79. The van der Waals surface area contributed by atoms with E-state index in [0.717, 1.165) is 6.42 Å². The summed E-state index contributed by atoms with van der Waals surface area (Å²) in [6.45, 7) is 3.91. The molecule has 0 aromatic heterocycles. The lowest BCUT2D eigenvalue weighted by atomic mass is 10.3. The molecule has 0 bridgehead atoms. The Morgan fingerprint density at radius 3 is 2.24 bits per heavy atom. The zero-order valence-corrected chi connectivity index (χ0v) is 13.4. The number of hydrogen-bond acceptors (Lipinski definition) is 4. The molecule has 120 valence electrons. The minimum absolute atomic E-state index is 0.0349. The second-order valence-electron chi connectivity index (χ2n) is 5.90. The first-order valence-electron chi connectivity index (χ1n) is 7.29. The van der Waals surface area contributed by atoms with Crippen LogP contribution in [0.2, 0.25) is 0 Å². The molecule has 1 N–H and O–H groups in total. The van der Waals surface area contributed by atoms with Crippen LogP contribution < -0.4 is 5.32 Å². The van der Waals surface area contributed by atoms with E-state index in [1.165, 1.54) is 10.6 Å². The van der Waals surface area contributed by atoms with E-state index >= 15 is 0 Å². The molecule has 2 rings (SSSR count). The van der Waals surface area contributed by atoms with Gasteiger partial charge in [0.25, 0.3) is 0 Å². The van der Waals surface area contributed by atoms with Crippen LogP contribution in [-0.2, 0) is 19.6 Å². The number of nitrogens with one attached hydrogen (secondary N) is 1. The Morgan fingerprint density at radius 2 is 1.76 bits per heavy atom. The molecule has 2 aliphatic rings. The van der Waals surface area contributed by atoms with E-state index in [1.54, 1.807) is 4.90 Å². The van der Waals surface area contributed by atoms with Gasteiger partial charge < -0.3 is 10.2 Å².